The van der Waals surface area contributed by atoms with E-state index in [1.54, 1.807) is 24.3 Å². The molecule has 184 valence electrons. The molecule has 0 aromatic heterocycles. The minimum Gasteiger partial charge on any atom is -0.495 e. The van der Waals surface area contributed by atoms with E-state index in [1.165, 1.54) is 26.0 Å². The second-order valence-electron chi connectivity index (χ2n) is 7.57. The average molecular weight is 533 g/mol. The van der Waals surface area contributed by atoms with Gasteiger partial charge in [-0.1, -0.05) is 48.3 Å². The van der Waals surface area contributed by atoms with Crippen molar-refractivity contribution in [3.05, 3.63) is 76.3 Å². The molecule has 0 fully saturated rings. The van der Waals surface area contributed by atoms with Crippen LogP contribution >= 0.6 is 35.0 Å². The van der Waals surface area contributed by atoms with Crippen LogP contribution in [0.1, 0.15) is 18.9 Å². The summed E-state index contributed by atoms with van der Waals surface area (Å²) in [5.74, 6) is 0.583. The van der Waals surface area contributed by atoms with Crippen LogP contribution in [-0.4, -0.2) is 31.3 Å². The highest BCUT2D eigenvalue weighted by molar-refractivity contribution is 8.00. The standard InChI is InChI=1S/C26H26Cl2N2O4S/c1-4-24(26(32)30-21-14-20(28)22(33-2)15-23(21)34-3)35-19-7-5-6-18(13-19)29-25(31)12-16-8-10-17(27)11-9-16/h5-11,13-15,24H,4,12H2,1-3H3,(H,29,31)(H,30,32). The summed E-state index contributed by atoms with van der Waals surface area (Å²) in [6, 6.07) is 17.8. The Hall–Kier alpha value is -2.87. The summed E-state index contributed by atoms with van der Waals surface area (Å²) >= 11 is 13.5. The number of ether oxygens (including phenoxy) is 2. The maximum atomic E-state index is 13.0. The molecular formula is C26H26Cl2N2O4S. The third kappa shape index (κ3) is 7.56. The maximum absolute atomic E-state index is 13.0. The van der Waals surface area contributed by atoms with Gasteiger partial charge in [-0.15, -0.1) is 11.8 Å². The fourth-order valence-electron chi connectivity index (χ4n) is 3.30. The lowest BCUT2D eigenvalue weighted by Crippen LogP contribution is -2.24. The summed E-state index contributed by atoms with van der Waals surface area (Å²) in [6.45, 7) is 1.94. The number of amides is 2. The zero-order valence-corrected chi connectivity index (χ0v) is 21.9. The topological polar surface area (TPSA) is 76.7 Å². The van der Waals surface area contributed by atoms with E-state index in [0.29, 0.717) is 39.3 Å². The van der Waals surface area contributed by atoms with E-state index in [9.17, 15) is 9.59 Å². The predicted octanol–water partition coefficient (Wildman–Crippen LogP) is 6.70. The summed E-state index contributed by atoms with van der Waals surface area (Å²) in [5.41, 5.74) is 1.99. The van der Waals surface area contributed by atoms with E-state index in [0.717, 1.165) is 10.5 Å². The quantitative estimate of drug-likeness (QED) is 0.284. The van der Waals surface area contributed by atoms with E-state index in [-0.39, 0.29) is 23.5 Å². The van der Waals surface area contributed by atoms with Crippen LogP contribution in [0.15, 0.2) is 65.6 Å². The van der Waals surface area contributed by atoms with Gasteiger partial charge in [0.05, 0.1) is 36.6 Å². The van der Waals surface area contributed by atoms with E-state index in [1.807, 2.05) is 43.3 Å². The van der Waals surface area contributed by atoms with Gasteiger partial charge in [-0.2, -0.15) is 0 Å². The number of rotatable bonds is 10. The molecule has 6 nitrogen and oxygen atoms in total. The molecule has 1 unspecified atom stereocenters. The third-order valence-corrected chi connectivity index (χ3v) is 6.97. The smallest absolute Gasteiger partial charge is 0.237 e. The Kier molecular flexibility index (Phi) is 9.72. The van der Waals surface area contributed by atoms with Gasteiger partial charge in [0.2, 0.25) is 11.8 Å². The predicted molar refractivity (Wildman–Crippen MR) is 143 cm³/mol. The highest BCUT2D eigenvalue weighted by Gasteiger charge is 2.21. The Morgan fingerprint density at radius 2 is 1.66 bits per heavy atom. The molecule has 2 amide bonds. The number of thioether (sulfide) groups is 1. The number of hydrogen-bond donors (Lipinski definition) is 2. The maximum Gasteiger partial charge on any atom is 0.237 e. The molecule has 3 aromatic rings. The molecule has 0 bridgehead atoms. The number of carbonyl (C=O) groups excluding carboxylic acids is 2. The molecule has 0 heterocycles. The van der Waals surface area contributed by atoms with Gasteiger partial charge in [-0.05, 0) is 48.4 Å². The van der Waals surface area contributed by atoms with Crippen LogP contribution in [0.4, 0.5) is 11.4 Å². The summed E-state index contributed by atoms with van der Waals surface area (Å²) in [6.07, 6.45) is 0.830. The first-order valence-corrected chi connectivity index (χ1v) is 12.5. The van der Waals surface area contributed by atoms with Crippen molar-refractivity contribution in [1.82, 2.24) is 0 Å². The third-order valence-electron chi connectivity index (χ3n) is 5.07. The Morgan fingerprint density at radius 1 is 0.943 bits per heavy atom. The van der Waals surface area contributed by atoms with E-state index < -0.39 is 0 Å². The minimum atomic E-state index is -0.374. The van der Waals surface area contributed by atoms with Gasteiger partial charge in [-0.3, -0.25) is 9.59 Å². The van der Waals surface area contributed by atoms with Gasteiger partial charge in [0.15, 0.2) is 0 Å². The van der Waals surface area contributed by atoms with Crippen LogP contribution in [0.25, 0.3) is 0 Å². The van der Waals surface area contributed by atoms with Crippen molar-refractivity contribution >= 4 is 58.2 Å². The van der Waals surface area contributed by atoms with Crippen molar-refractivity contribution in [3.63, 3.8) is 0 Å². The zero-order chi connectivity index (χ0) is 25.4. The number of halogens is 2. The van der Waals surface area contributed by atoms with Crippen molar-refractivity contribution < 1.29 is 19.1 Å². The van der Waals surface area contributed by atoms with Gasteiger partial charge in [0.1, 0.15) is 11.5 Å². The van der Waals surface area contributed by atoms with E-state index in [4.69, 9.17) is 32.7 Å². The van der Waals surface area contributed by atoms with E-state index >= 15 is 0 Å². The molecule has 0 aliphatic carbocycles. The second kappa shape index (κ2) is 12.7. The molecule has 0 aliphatic heterocycles. The molecule has 2 N–H and O–H groups in total. The molecule has 0 aliphatic rings. The van der Waals surface area contributed by atoms with Gasteiger partial charge in [-0.25, -0.2) is 0 Å². The normalized spacial score (nSPS) is 11.5. The Balaban J connectivity index is 1.66. The highest BCUT2D eigenvalue weighted by atomic mass is 35.5. The molecule has 9 heteroatoms. The lowest BCUT2D eigenvalue weighted by atomic mass is 10.1. The summed E-state index contributed by atoms with van der Waals surface area (Å²) in [5, 5.41) is 6.43. The van der Waals surface area contributed by atoms with Crippen LogP contribution in [0.3, 0.4) is 0 Å². The van der Waals surface area contributed by atoms with Crippen molar-refractivity contribution in [2.75, 3.05) is 24.9 Å². The molecule has 0 saturated carbocycles. The van der Waals surface area contributed by atoms with Crippen LogP contribution in [-0.2, 0) is 16.0 Å². The average Bonchev–Trinajstić information content (AvgIpc) is 2.84. The van der Waals surface area contributed by atoms with Crippen LogP contribution in [0, 0.1) is 0 Å². The summed E-state index contributed by atoms with van der Waals surface area (Å²) < 4.78 is 10.6. The first-order valence-electron chi connectivity index (χ1n) is 10.9. The number of nitrogens with one attached hydrogen (secondary N) is 2. The molecule has 0 radical (unpaired) electrons. The van der Waals surface area contributed by atoms with Crippen LogP contribution in [0.2, 0.25) is 10.0 Å². The number of methoxy groups -OCH3 is 2. The number of hydrogen-bond acceptors (Lipinski definition) is 5. The number of benzene rings is 3. The molecular weight excluding hydrogens is 507 g/mol. The Labute approximate surface area is 219 Å². The number of carbonyl (C=O) groups is 2. The summed E-state index contributed by atoms with van der Waals surface area (Å²) in [4.78, 5) is 26.3. The zero-order valence-electron chi connectivity index (χ0n) is 19.6. The fraction of sp³-hybridized carbons (Fsp3) is 0.231. The lowest BCUT2D eigenvalue weighted by molar-refractivity contribution is -0.116. The highest BCUT2D eigenvalue weighted by Crippen LogP contribution is 2.37. The summed E-state index contributed by atoms with van der Waals surface area (Å²) in [7, 11) is 3.02. The molecule has 0 spiro atoms. The van der Waals surface area contributed by atoms with Gasteiger partial charge in [0, 0.05) is 21.7 Å². The SMILES string of the molecule is CCC(Sc1cccc(NC(=O)Cc2ccc(Cl)cc2)c1)C(=O)Nc1cc(Cl)c(OC)cc1OC. The minimum absolute atomic E-state index is 0.136. The van der Waals surface area contributed by atoms with Crippen LogP contribution < -0.4 is 20.1 Å². The largest absolute Gasteiger partial charge is 0.495 e. The first-order chi connectivity index (χ1) is 16.8. The monoisotopic (exact) mass is 532 g/mol. The van der Waals surface area contributed by atoms with E-state index in [2.05, 4.69) is 10.6 Å². The van der Waals surface area contributed by atoms with Crippen molar-refractivity contribution in [3.8, 4) is 11.5 Å². The molecule has 1 atom stereocenters. The lowest BCUT2D eigenvalue weighted by Gasteiger charge is -2.18. The van der Waals surface area contributed by atoms with Crippen LogP contribution in [0.5, 0.6) is 11.5 Å². The Morgan fingerprint density at radius 3 is 2.31 bits per heavy atom. The van der Waals surface area contributed by atoms with Gasteiger partial charge < -0.3 is 20.1 Å². The number of anilines is 2. The molecule has 35 heavy (non-hydrogen) atoms. The fourth-order valence-corrected chi connectivity index (χ4v) is 4.68. The van der Waals surface area contributed by atoms with Gasteiger partial charge >= 0.3 is 0 Å². The Bertz CT molecular complexity index is 1190. The molecule has 3 aromatic carbocycles. The van der Waals surface area contributed by atoms with Crippen molar-refractivity contribution in [1.29, 1.82) is 0 Å². The van der Waals surface area contributed by atoms with Crippen molar-refractivity contribution in [2.24, 2.45) is 0 Å². The van der Waals surface area contributed by atoms with Crippen molar-refractivity contribution in [2.45, 2.75) is 29.9 Å². The molecule has 3 rings (SSSR count). The second-order valence-corrected chi connectivity index (χ2v) is 9.69. The first kappa shape index (κ1) is 26.7. The van der Waals surface area contributed by atoms with Gasteiger partial charge in [0.25, 0.3) is 0 Å². The molecule has 0 saturated heterocycles.